The SMILES string of the molecule is CS(=O)(=O)N1CCN(c2ccc(NC(=O)CSc3ncnc4nc[nH]c34)cc2)CC1. The quantitative estimate of drug-likeness (QED) is 0.426. The average molecular weight is 448 g/mol. The summed E-state index contributed by atoms with van der Waals surface area (Å²) < 4.78 is 24.7. The molecule has 0 atom stereocenters. The lowest BCUT2D eigenvalue weighted by Crippen LogP contribution is -2.48. The first kappa shape index (κ1) is 20.6. The molecule has 2 aromatic heterocycles. The minimum Gasteiger partial charge on any atom is -0.369 e. The van der Waals surface area contributed by atoms with E-state index in [0.717, 1.165) is 11.2 Å². The maximum Gasteiger partial charge on any atom is 0.234 e. The molecule has 3 aromatic rings. The topological polar surface area (TPSA) is 124 Å². The van der Waals surface area contributed by atoms with Gasteiger partial charge in [-0.15, -0.1) is 0 Å². The van der Waals surface area contributed by atoms with Crippen LogP contribution in [-0.4, -0.2) is 76.8 Å². The molecule has 0 radical (unpaired) electrons. The monoisotopic (exact) mass is 447 g/mol. The molecule has 1 aromatic carbocycles. The number of rotatable bonds is 6. The Morgan fingerprint density at radius 3 is 2.57 bits per heavy atom. The van der Waals surface area contributed by atoms with Crippen molar-refractivity contribution < 1.29 is 13.2 Å². The van der Waals surface area contributed by atoms with Crippen LogP contribution in [0.25, 0.3) is 11.2 Å². The second-order valence-electron chi connectivity index (χ2n) is 6.81. The molecule has 1 amide bonds. The van der Waals surface area contributed by atoms with E-state index in [1.807, 2.05) is 24.3 Å². The van der Waals surface area contributed by atoms with E-state index in [1.54, 1.807) is 6.33 Å². The minimum atomic E-state index is -3.14. The Hall–Kier alpha value is -2.70. The fourth-order valence-electron chi connectivity index (χ4n) is 3.22. The first-order valence-electron chi connectivity index (χ1n) is 9.27. The summed E-state index contributed by atoms with van der Waals surface area (Å²) in [6.07, 6.45) is 4.21. The van der Waals surface area contributed by atoms with Gasteiger partial charge in [0, 0.05) is 37.6 Å². The maximum absolute atomic E-state index is 12.3. The number of imidazole rings is 1. The number of carbonyl (C=O) groups is 1. The summed E-state index contributed by atoms with van der Waals surface area (Å²) in [5.41, 5.74) is 2.99. The van der Waals surface area contributed by atoms with Crippen LogP contribution in [0, 0.1) is 0 Å². The molecule has 1 fully saturated rings. The van der Waals surface area contributed by atoms with E-state index >= 15 is 0 Å². The van der Waals surface area contributed by atoms with E-state index in [4.69, 9.17) is 0 Å². The molecule has 30 heavy (non-hydrogen) atoms. The molecule has 12 heteroatoms. The number of carbonyl (C=O) groups excluding carboxylic acids is 1. The Balaban J connectivity index is 1.30. The van der Waals surface area contributed by atoms with Crippen LogP contribution in [0.3, 0.4) is 0 Å². The zero-order valence-corrected chi connectivity index (χ0v) is 17.9. The lowest BCUT2D eigenvalue weighted by atomic mass is 10.2. The van der Waals surface area contributed by atoms with E-state index in [2.05, 4.69) is 30.2 Å². The van der Waals surface area contributed by atoms with Crippen molar-refractivity contribution in [3.63, 3.8) is 0 Å². The number of hydrogen-bond donors (Lipinski definition) is 2. The zero-order chi connectivity index (χ0) is 21.1. The molecule has 1 saturated heterocycles. The van der Waals surface area contributed by atoms with Crippen LogP contribution in [0.5, 0.6) is 0 Å². The van der Waals surface area contributed by atoms with Gasteiger partial charge in [0.05, 0.1) is 18.3 Å². The molecule has 0 aliphatic carbocycles. The number of anilines is 2. The molecule has 0 spiro atoms. The van der Waals surface area contributed by atoms with Gasteiger partial charge in [0.1, 0.15) is 16.9 Å². The highest BCUT2D eigenvalue weighted by molar-refractivity contribution is 8.00. The van der Waals surface area contributed by atoms with Crippen LogP contribution in [0.15, 0.2) is 41.9 Å². The Morgan fingerprint density at radius 2 is 1.87 bits per heavy atom. The lowest BCUT2D eigenvalue weighted by Gasteiger charge is -2.34. The summed E-state index contributed by atoms with van der Waals surface area (Å²) in [5.74, 6) is 0.0705. The highest BCUT2D eigenvalue weighted by Gasteiger charge is 2.23. The standard InChI is InChI=1S/C18H21N7O3S2/c1-30(27,28)25-8-6-24(7-9-25)14-4-2-13(3-5-14)23-15(26)10-29-18-16-17(20-11-19-16)21-12-22-18/h2-5,11-12H,6-10H2,1H3,(H,23,26)(H,19,20,21,22). The highest BCUT2D eigenvalue weighted by atomic mass is 32.2. The van der Waals surface area contributed by atoms with E-state index in [9.17, 15) is 13.2 Å². The maximum atomic E-state index is 12.3. The third-order valence-electron chi connectivity index (χ3n) is 4.75. The van der Waals surface area contributed by atoms with Crippen molar-refractivity contribution in [2.24, 2.45) is 0 Å². The Morgan fingerprint density at radius 1 is 1.13 bits per heavy atom. The summed E-state index contributed by atoms with van der Waals surface area (Å²) in [6, 6.07) is 7.55. The summed E-state index contributed by atoms with van der Waals surface area (Å²) in [7, 11) is -3.14. The molecule has 158 valence electrons. The van der Waals surface area contributed by atoms with Crippen molar-refractivity contribution in [2.45, 2.75) is 5.03 Å². The summed E-state index contributed by atoms with van der Waals surface area (Å²) >= 11 is 1.31. The molecule has 0 saturated carbocycles. The molecule has 1 aliphatic heterocycles. The second kappa shape index (κ2) is 8.58. The molecule has 4 rings (SSSR count). The molecule has 0 bridgehead atoms. The van der Waals surface area contributed by atoms with Gasteiger partial charge < -0.3 is 15.2 Å². The van der Waals surface area contributed by atoms with Crippen LogP contribution >= 0.6 is 11.8 Å². The van der Waals surface area contributed by atoms with Crippen molar-refractivity contribution in [2.75, 3.05) is 48.4 Å². The lowest BCUT2D eigenvalue weighted by molar-refractivity contribution is -0.113. The Bertz CT molecular complexity index is 1140. The van der Waals surface area contributed by atoms with Gasteiger partial charge in [-0.1, -0.05) is 11.8 Å². The van der Waals surface area contributed by atoms with Crippen molar-refractivity contribution in [3.05, 3.63) is 36.9 Å². The van der Waals surface area contributed by atoms with Crippen LogP contribution < -0.4 is 10.2 Å². The van der Waals surface area contributed by atoms with Gasteiger partial charge in [-0.05, 0) is 24.3 Å². The number of sulfonamides is 1. The fourth-order valence-corrected chi connectivity index (χ4v) is 4.80. The number of thioether (sulfide) groups is 1. The van der Waals surface area contributed by atoms with Gasteiger partial charge in [-0.3, -0.25) is 4.79 Å². The average Bonchev–Trinajstić information content (AvgIpc) is 3.22. The molecular formula is C18H21N7O3S2. The number of nitrogens with one attached hydrogen (secondary N) is 2. The van der Waals surface area contributed by atoms with Crippen LogP contribution in [-0.2, 0) is 14.8 Å². The van der Waals surface area contributed by atoms with Crippen LogP contribution in [0.2, 0.25) is 0 Å². The predicted octanol–water partition coefficient (Wildman–Crippen LogP) is 1.17. The first-order chi connectivity index (χ1) is 14.4. The largest absolute Gasteiger partial charge is 0.369 e. The van der Waals surface area contributed by atoms with E-state index in [1.165, 1.54) is 28.7 Å². The number of nitrogens with zero attached hydrogens (tertiary/aromatic N) is 5. The zero-order valence-electron chi connectivity index (χ0n) is 16.3. The number of hydrogen-bond acceptors (Lipinski definition) is 8. The second-order valence-corrected chi connectivity index (χ2v) is 9.76. The highest BCUT2D eigenvalue weighted by Crippen LogP contribution is 2.23. The van der Waals surface area contributed by atoms with Crippen molar-refractivity contribution in [3.8, 4) is 0 Å². The van der Waals surface area contributed by atoms with E-state index < -0.39 is 10.0 Å². The van der Waals surface area contributed by atoms with Crippen LogP contribution in [0.4, 0.5) is 11.4 Å². The smallest absolute Gasteiger partial charge is 0.234 e. The number of aromatic nitrogens is 4. The third-order valence-corrected chi connectivity index (χ3v) is 7.04. The fraction of sp³-hybridized carbons (Fsp3) is 0.333. The van der Waals surface area contributed by atoms with Gasteiger partial charge in [-0.2, -0.15) is 4.31 Å². The minimum absolute atomic E-state index is 0.138. The van der Waals surface area contributed by atoms with Gasteiger partial charge in [0.2, 0.25) is 15.9 Å². The summed E-state index contributed by atoms with van der Waals surface area (Å²) in [5, 5.41) is 3.55. The number of H-pyrrole nitrogens is 1. The molecular weight excluding hydrogens is 426 g/mol. The molecule has 0 unspecified atom stereocenters. The molecule has 3 heterocycles. The number of piperazine rings is 1. The van der Waals surface area contributed by atoms with E-state index in [0.29, 0.717) is 42.5 Å². The van der Waals surface area contributed by atoms with Gasteiger partial charge in [0.15, 0.2) is 5.65 Å². The molecule has 2 N–H and O–H groups in total. The van der Waals surface area contributed by atoms with Crippen molar-refractivity contribution in [1.82, 2.24) is 24.2 Å². The van der Waals surface area contributed by atoms with Gasteiger partial charge in [-0.25, -0.2) is 23.4 Å². The van der Waals surface area contributed by atoms with Crippen molar-refractivity contribution in [1.29, 1.82) is 0 Å². The first-order valence-corrected chi connectivity index (χ1v) is 12.1. The molecule has 1 aliphatic rings. The Labute approximate surface area is 178 Å². The van der Waals surface area contributed by atoms with E-state index in [-0.39, 0.29) is 11.7 Å². The van der Waals surface area contributed by atoms with Crippen molar-refractivity contribution >= 4 is 50.2 Å². The normalized spacial score (nSPS) is 15.4. The predicted molar refractivity (Wildman–Crippen MR) is 116 cm³/mol. The number of amides is 1. The van der Waals surface area contributed by atoms with Gasteiger partial charge >= 0.3 is 0 Å². The third kappa shape index (κ3) is 4.71. The summed E-state index contributed by atoms with van der Waals surface area (Å²) in [6.45, 7) is 2.22. The number of benzene rings is 1. The number of fused-ring (bicyclic) bond motifs is 1. The Kier molecular flexibility index (Phi) is 5.88. The van der Waals surface area contributed by atoms with Gasteiger partial charge in [0.25, 0.3) is 0 Å². The molecule has 10 nitrogen and oxygen atoms in total. The number of aromatic amines is 1. The summed E-state index contributed by atoms with van der Waals surface area (Å²) in [4.78, 5) is 29.7. The van der Waals surface area contributed by atoms with Crippen LogP contribution in [0.1, 0.15) is 0 Å².